The first kappa shape index (κ1) is 26.6. The summed E-state index contributed by atoms with van der Waals surface area (Å²) in [5.41, 5.74) is 8.54. The number of carbonyl (C=O) groups excluding carboxylic acids is 1. The number of benzene rings is 1. The summed E-state index contributed by atoms with van der Waals surface area (Å²) < 4.78 is 7.40. The number of hydrogen-bond donors (Lipinski definition) is 4. The average Bonchev–Trinajstić information content (AvgIpc) is 3.22. The molecule has 11 nitrogen and oxygen atoms in total. The lowest BCUT2D eigenvalue weighted by Crippen LogP contribution is -2.25. The van der Waals surface area contributed by atoms with Gasteiger partial charge in [0.2, 0.25) is 0 Å². The van der Waals surface area contributed by atoms with Crippen LogP contribution in [0.25, 0.3) is 11.3 Å². The van der Waals surface area contributed by atoms with E-state index in [2.05, 4.69) is 19.9 Å². The van der Waals surface area contributed by atoms with Crippen LogP contribution in [0.5, 0.6) is 5.75 Å². The van der Waals surface area contributed by atoms with Gasteiger partial charge in [-0.3, -0.25) is 19.4 Å². The molecule has 3 rings (SSSR count). The van der Waals surface area contributed by atoms with Crippen molar-refractivity contribution >= 4 is 24.5 Å². The highest BCUT2D eigenvalue weighted by molar-refractivity contribution is 5.94. The number of amides is 1. The molecule has 11 heteroatoms. The Kier molecular flexibility index (Phi) is 11.8. The standard InChI is InChI=1S/C20H23N5O2.2CH2O2/c1-14-22-11-13-25(14)12-3-9-24-20(26)16-6-4-15(5-7-16)18-19(27-2)17(21)8-10-23-18;2*2-1-3/h4-8,10-11,13H,3,9,12H2,1-2H3,(H2,21,23)(H,24,26);2*1H,(H,2,3). The van der Waals surface area contributed by atoms with Crippen LogP contribution in [-0.4, -0.2) is 57.3 Å². The second kappa shape index (κ2) is 14.6. The third-order valence-electron chi connectivity index (χ3n) is 4.34. The number of anilines is 1. The van der Waals surface area contributed by atoms with Crippen molar-refractivity contribution in [3.63, 3.8) is 0 Å². The molecule has 0 radical (unpaired) electrons. The number of imidazole rings is 1. The highest BCUT2D eigenvalue weighted by Crippen LogP contribution is 2.32. The fourth-order valence-electron chi connectivity index (χ4n) is 2.86. The summed E-state index contributed by atoms with van der Waals surface area (Å²) in [5, 5.41) is 16.7. The van der Waals surface area contributed by atoms with E-state index < -0.39 is 0 Å². The maximum atomic E-state index is 12.3. The van der Waals surface area contributed by atoms with Crippen LogP contribution in [-0.2, 0) is 16.1 Å². The summed E-state index contributed by atoms with van der Waals surface area (Å²) in [6.45, 7) is 2.89. The van der Waals surface area contributed by atoms with Crippen LogP contribution in [0.3, 0.4) is 0 Å². The lowest BCUT2D eigenvalue weighted by atomic mass is 10.1. The molecule has 176 valence electrons. The molecule has 0 saturated heterocycles. The van der Waals surface area contributed by atoms with Gasteiger partial charge in [-0.15, -0.1) is 0 Å². The molecule has 0 aliphatic rings. The Morgan fingerprint density at radius 1 is 1.12 bits per heavy atom. The first-order valence-corrected chi connectivity index (χ1v) is 9.73. The van der Waals surface area contributed by atoms with Crippen molar-refractivity contribution in [2.45, 2.75) is 19.9 Å². The Morgan fingerprint density at radius 3 is 2.30 bits per heavy atom. The van der Waals surface area contributed by atoms with Crippen molar-refractivity contribution in [1.29, 1.82) is 0 Å². The number of hydrogen-bond acceptors (Lipinski definition) is 7. The number of pyridine rings is 1. The first-order valence-electron chi connectivity index (χ1n) is 9.73. The van der Waals surface area contributed by atoms with Gasteiger partial charge in [0.1, 0.15) is 11.5 Å². The first-order chi connectivity index (χ1) is 15.9. The van der Waals surface area contributed by atoms with Crippen LogP contribution in [0.4, 0.5) is 5.69 Å². The SMILES string of the molecule is COc1c(N)ccnc1-c1ccc(C(=O)NCCCn2ccnc2C)cc1.O=CO.O=CO. The quantitative estimate of drug-likeness (QED) is 0.306. The lowest BCUT2D eigenvalue weighted by molar-refractivity contribution is -0.123. The highest BCUT2D eigenvalue weighted by Gasteiger charge is 2.12. The van der Waals surface area contributed by atoms with E-state index in [4.69, 9.17) is 30.3 Å². The molecule has 0 spiro atoms. The van der Waals surface area contributed by atoms with Crippen molar-refractivity contribution in [2.24, 2.45) is 0 Å². The molecule has 0 bridgehead atoms. The lowest BCUT2D eigenvalue weighted by Gasteiger charge is -2.11. The molecule has 0 fully saturated rings. The summed E-state index contributed by atoms with van der Waals surface area (Å²) in [6.07, 6.45) is 6.19. The van der Waals surface area contributed by atoms with E-state index in [9.17, 15) is 4.79 Å². The zero-order valence-electron chi connectivity index (χ0n) is 18.3. The van der Waals surface area contributed by atoms with E-state index in [1.54, 1.807) is 37.7 Å². The second-order valence-corrected chi connectivity index (χ2v) is 6.35. The Morgan fingerprint density at radius 2 is 1.76 bits per heavy atom. The number of nitrogens with zero attached hydrogens (tertiary/aromatic N) is 3. The van der Waals surface area contributed by atoms with Crippen LogP contribution in [0, 0.1) is 6.92 Å². The molecule has 0 saturated carbocycles. The van der Waals surface area contributed by atoms with E-state index in [1.807, 2.05) is 25.3 Å². The van der Waals surface area contributed by atoms with Crippen molar-refractivity contribution in [3.8, 4) is 17.0 Å². The van der Waals surface area contributed by atoms with Gasteiger partial charge in [-0.2, -0.15) is 0 Å². The Labute approximate surface area is 190 Å². The van der Waals surface area contributed by atoms with Crippen molar-refractivity contribution in [3.05, 3.63) is 60.3 Å². The van der Waals surface area contributed by atoms with Gasteiger partial charge >= 0.3 is 0 Å². The van der Waals surface area contributed by atoms with Crippen molar-refractivity contribution in [1.82, 2.24) is 19.9 Å². The van der Waals surface area contributed by atoms with Gasteiger partial charge in [0.15, 0.2) is 5.75 Å². The molecule has 0 aliphatic carbocycles. The second-order valence-electron chi connectivity index (χ2n) is 6.35. The molecule has 1 aromatic carbocycles. The van der Waals surface area contributed by atoms with E-state index in [0.29, 0.717) is 29.2 Å². The van der Waals surface area contributed by atoms with E-state index >= 15 is 0 Å². The van der Waals surface area contributed by atoms with Crippen LogP contribution in [0.1, 0.15) is 22.6 Å². The molecule has 3 aromatic rings. The number of nitrogens with one attached hydrogen (secondary N) is 1. The Hall–Kier alpha value is -4.41. The number of carboxylic acid groups (broad SMARTS) is 2. The molecule has 0 aliphatic heterocycles. The monoisotopic (exact) mass is 457 g/mol. The largest absolute Gasteiger partial charge is 0.492 e. The molecular formula is C22H27N5O6. The summed E-state index contributed by atoms with van der Waals surface area (Å²) in [5.74, 6) is 1.41. The predicted molar refractivity (Wildman–Crippen MR) is 122 cm³/mol. The number of aromatic nitrogens is 3. The zero-order valence-corrected chi connectivity index (χ0v) is 18.3. The van der Waals surface area contributed by atoms with Gasteiger partial charge in [-0.05, 0) is 31.5 Å². The minimum Gasteiger partial charge on any atom is -0.492 e. The minimum absolute atomic E-state index is 0.101. The minimum atomic E-state index is -0.250. The maximum Gasteiger partial charge on any atom is 0.290 e. The third-order valence-corrected chi connectivity index (χ3v) is 4.34. The summed E-state index contributed by atoms with van der Waals surface area (Å²) >= 11 is 0. The van der Waals surface area contributed by atoms with Gasteiger partial charge in [0.05, 0.1) is 12.8 Å². The molecule has 2 heterocycles. The van der Waals surface area contributed by atoms with E-state index in [-0.39, 0.29) is 18.9 Å². The van der Waals surface area contributed by atoms with Gasteiger partial charge in [0.25, 0.3) is 18.9 Å². The topological polar surface area (TPSA) is 170 Å². The number of carbonyl (C=O) groups is 3. The number of nitrogen functional groups attached to an aromatic ring is 1. The molecule has 5 N–H and O–H groups in total. The van der Waals surface area contributed by atoms with Crippen LogP contribution in [0.15, 0.2) is 48.9 Å². The van der Waals surface area contributed by atoms with Gasteiger partial charge < -0.3 is 30.6 Å². The number of methoxy groups -OCH3 is 1. The Balaban J connectivity index is 0.000000819. The van der Waals surface area contributed by atoms with Crippen molar-refractivity contribution < 1.29 is 29.3 Å². The fourth-order valence-corrected chi connectivity index (χ4v) is 2.86. The van der Waals surface area contributed by atoms with Crippen molar-refractivity contribution in [2.75, 3.05) is 19.4 Å². The average molecular weight is 457 g/mol. The number of aryl methyl sites for hydroxylation is 2. The van der Waals surface area contributed by atoms with E-state index in [1.165, 1.54) is 0 Å². The van der Waals surface area contributed by atoms with Gasteiger partial charge in [-0.25, -0.2) is 4.98 Å². The molecular weight excluding hydrogens is 430 g/mol. The van der Waals surface area contributed by atoms with Gasteiger partial charge in [-0.1, -0.05) is 12.1 Å². The molecule has 0 unspecified atom stereocenters. The van der Waals surface area contributed by atoms with Crippen LogP contribution < -0.4 is 15.8 Å². The highest BCUT2D eigenvalue weighted by atomic mass is 16.5. The van der Waals surface area contributed by atoms with Gasteiger partial charge in [0, 0.05) is 42.8 Å². The maximum absolute atomic E-state index is 12.3. The summed E-state index contributed by atoms with van der Waals surface area (Å²) in [4.78, 5) is 37.5. The normalized spacial score (nSPS) is 9.39. The fraction of sp³-hybridized carbons (Fsp3) is 0.227. The smallest absolute Gasteiger partial charge is 0.290 e. The Bertz CT molecular complexity index is 1010. The van der Waals surface area contributed by atoms with Crippen LogP contribution >= 0.6 is 0 Å². The number of ether oxygens (including phenoxy) is 1. The molecule has 0 atom stereocenters. The van der Waals surface area contributed by atoms with Crippen LogP contribution in [0.2, 0.25) is 0 Å². The number of rotatable bonds is 7. The summed E-state index contributed by atoms with van der Waals surface area (Å²) in [7, 11) is 1.56. The molecule has 2 aromatic heterocycles. The van der Waals surface area contributed by atoms with E-state index in [0.717, 1.165) is 24.4 Å². The zero-order chi connectivity index (χ0) is 24.6. The summed E-state index contributed by atoms with van der Waals surface area (Å²) in [6, 6.07) is 8.92. The third kappa shape index (κ3) is 8.32. The molecule has 33 heavy (non-hydrogen) atoms. The molecule has 1 amide bonds. The number of nitrogens with two attached hydrogens (primary N) is 1. The predicted octanol–water partition coefficient (Wildman–Crippen LogP) is 2.07.